The molecule has 0 aliphatic carbocycles. The molecular formula is C25H24N6O2S. The molecule has 1 aliphatic heterocycles. The average Bonchev–Trinajstić information content (AvgIpc) is 3.29. The quantitative estimate of drug-likeness (QED) is 0.452. The second-order valence-corrected chi connectivity index (χ2v) is 9.06. The number of anilines is 4. The molecule has 0 unspecified atom stereocenters. The van der Waals surface area contributed by atoms with Crippen LogP contribution in [0.2, 0.25) is 0 Å². The number of thiazole rings is 1. The van der Waals surface area contributed by atoms with Crippen molar-refractivity contribution in [3.8, 4) is 0 Å². The van der Waals surface area contributed by atoms with Crippen LogP contribution in [0.1, 0.15) is 17.3 Å². The van der Waals surface area contributed by atoms with E-state index in [0.29, 0.717) is 16.9 Å². The van der Waals surface area contributed by atoms with E-state index in [1.165, 1.54) is 6.92 Å². The van der Waals surface area contributed by atoms with Crippen molar-refractivity contribution in [3.63, 3.8) is 0 Å². The van der Waals surface area contributed by atoms with Gasteiger partial charge >= 0.3 is 0 Å². The normalized spacial score (nSPS) is 13.7. The first-order valence-corrected chi connectivity index (χ1v) is 11.9. The molecule has 1 fully saturated rings. The first-order chi connectivity index (χ1) is 16.5. The second-order valence-electron chi connectivity index (χ2n) is 8.05. The van der Waals surface area contributed by atoms with Crippen LogP contribution in [0.4, 0.5) is 22.3 Å². The molecule has 8 nitrogen and oxygen atoms in total. The van der Waals surface area contributed by atoms with Crippen molar-refractivity contribution in [1.29, 1.82) is 0 Å². The molecule has 172 valence electrons. The Morgan fingerprint density at radius 3 is 2.26 bits per heavy atom. The number of pyridine rings is 1. The predicted molar refractivity (Wildman–Crippen MR) is 137 cm³/mol. The average molecular weight is 473 g/mol. The summed E-state index contributed by atoms with van der Waals surface area (Å²) in [4.78, 5) is 37.8. The maximum Gasteiger partial charge on any atom is 0.255 e. The number of carbonyl (C=O) groups excluding carboxylic acids is 2. The molecule has 2 aromatic carbocycles. The number of hydrogen-bond donors (Lipinski definition) is 2. The minimum absolute atomic E-state index is 0.135. The third kappa shape index (κ3) is 4.84. The molecule has 0 saturated carbocycles. The number of aromatic nitrogens is 2. The molecule has 0 atom stereocenters. The van der Waals surface area contributed by atoms with Crippen molar-refractivity contribution in [1.82, 2.24) is 9.97 Å². The molecule has 1 aliphatic rings. The van der Waals surface area contributed by atoms with E-state index in [0.717, 1.165) is 47.3 Å². The number of amides is 2. The molecule has 9 heteroatoms. The molecule has 3 heterocycles. The van der Waals surface area contributed by atoms with E-state index >= 15 is 0 Å². The Kier molecular flexibility index (Phi) is 6.09. The van der Waals surface area contributed by atoms with Gasteiger partial charge in [-0.1, -0.05) is 17.4 Å². The summed E-state index contributed by atoms with van der Waals surface area (Å²) in [6, 6.07) is 18.6. The van der Waals surface area contributed by atoms with E-state index in [-0.39, 0.29) is 11.8 Å². The van der Waals surface area contributed by atoms with Gasteiger partial charge in [0.25, 0.3) is 5.91 Å². The van der Waals surface area contributed by atoms with Crippen LogP contribution in [-0.4, -0.2) is 48.0 Å². The second kappa shape index (κ2) is 9.48. The lowest BCUT2D eigenvalue weighted by molar-refractivity contribution is -0.114. The van der Waals surface area contributed by atoms with Crippen molar-refractivity contribution in [3.05, 3.63) is 72.4 Å². The molecule has 0 radical (unpaired) electrons. The third-order valence-electron chi connectivity index (χ3n) is 5.63. The molecule has 0 bridgehead atoms. The van der Waals surface area contributed by atoms with Crippen LogP contribution in [0.25, 0.3) is 10.2 Å². The van der Waals surface area contributed by atoms with Crippen molar-refractivity contribution in [2.24, 2.45) is 0 Å². The Bertz CT molecular complexity index is 1310. The molecule has 5 rings (SSSR count). The van der Waals surface area contributed by atoms with E-state index in [4.69, 9.17) is 4.98 Å². The number of piperazine rings is 1. The summed E-state index contributed by atoms with van der Waals surface area (Å²) < 4.78 is 0.982. The molecule has 4 aromatic rings. The van der Waals surface area contributed by atoms with Gasteiger partial charge in [-0.2, -0.15) is 0 Å². The number of nitrogens with one attached hydrogen (secondary N) is 2. The minimum Gasteiger partial charge on any atom is -0.353 e. The summed E-state index contributed by atoms with van der Waals surface area (Å²) in [6.07, 6.45) is 1.82. The molecule has 2 aromatic heterocycles. The summed E-state index contributed by atoms with van der Waals surface area (Å²) in [5.74, 6) is 0.684. The fourth-order valence-electron chi connectivity index (χ4n) is 3.90. The number of nitrogens with zero attached hydrogens (tertiary/aromatic N) is 4. The van der Waals surface area contributed by atoms with Crippen LogP contribution in [-0.2, 0) is 4.79 Å². The Balaban J connectivity index is 1.25. The van der Waals surface area contributed by atoms with E-state index in [9.17, 15) is 9.59 Å². The first-order valence-electron chi connectivity index (χ1n) is 11.1. The largest absolute Gasteiger partial charge is 0.353 e. The number of fused-ring (bicyclic) bond motifs is 1. The lowest BCUT2D eigenvalue weighted by atomic mass is 10.2. The first kappa shape index (κ1) is 21.8. The highest BCUT2D eigenvalue weighted by Crippen LogP contribution is 2.31. The summed E-state index contributed by atoms with van der Waals surface area (Å²) in [5, 5.41) is 6.59. The predicted octanol–water partition coefficient (Wildman–Crippen LogP) is 4.23. The van der Waals surface area contributed by atoms with Crippen molar-refractivity contribution in [2.45, 2.75) is 6.92 Å². The van der Waals surface area contributed by atoms with Gasteiger partial charge in [0.1, 0.15) is 5.82 Å². The van der Waals surface area contributed by atoms with Gasteiger partial charge in [0.15, 0.2) is 5.13 Å². The zero-order valence-electron chi connectivity index (χ0n) is 18.7. The van der Waals surface area contributed by atoms with Crippen molar-refractivity contribution >= 4 is 55.7 Å². The molecule has 2 amide bonds. The highest BCUT2D eigenvalue weighted by molar-refractivity contribution is 7.22. The smallest absolute Gasteiger partial charge is 0.255 e. The zero-order chi connectivity index (χ0) is 23.5. The summed E-state index contributed by atoms with van der Waals surface area (Å²) in [7, 11) is 0. The lowest BCUT2D eigenvalue weighted by Crippen LogP contribution is -2.46. The monoisotopic (exact) mass is 472 g/mol. The van der Waals surface area contributed by atoms with Gasteiger partial charge in [-0.25, -0.2) is 9.97 Å². The fraction of sp³-hybridized carbons (Fsp3) is 0.200. The SMILES string of the molecule is CC(=O)Nc1ccc(NC(=O)c2ccc3nc(N4CCN(c5ccccn5)CC4)sc3c2)cc1. The van der Waals surface area contributed by atoms with Gasteiger partial charge in [0, 0.05) is 56.2 Å². The van der Waals surface area contributed by atoms with Crippen LogP contribution in [0.15, 0.2) is 66.9 Å². The number of carbonyl (C=O) groups is 2. The fourth-order valence-corrected chi connectivity index (χ4v) is 4.96. The van der Waals surface area contributed by atoms with Gasteiger partial charge in [-0.3, -0.25) is 9.59 Å². The Hall–Kier alpha value is -3.98. The Labute approximate surface area is 201 Å². The van der Waals surface area contributed by atoms with Crippen LogP contribution in [0.3, 0.4) is 0 Å². The van der Waals surface area contributed by atoms with Gasteiger partial charge in [-0.15, -0.1) is 0 Å². The molecular weight excluding hydrogens is 448 g/mol. The van der Waals surface area contributed by atoms with Gasteiger partial charge in [-0.05, 0) is 54.6 Å². The van der Waals surface area contributed by atoms with E-state index in [1.54, 1.807) is 41.7 Å². The van der Waals surface area contributed by atoms with Gasteiger partial charge < -0.3 is 20.4 Å². The molecule has 0 spiro atoms. The number of benzene rings is 2. The maximum absolute atomic E-state index is 12.8. The number of hydrogen-bond acceptors (Lipinski definition) is 7. The van der Waals surface area contributed by atoms with Crippen molar-refractivity contribution in [2.75, 3.05) is 46.6 Å². The standard InChI is InChI=1S/C25H24N6O2S/c1-17(32)27-19-6-8-20(9-7-19)28-24(33)18-5-10-21-22(16-18)34-25(29-21)31-14-12-30(13-15-31)23-4-2-3-11-26-23/h2-11,16H,12-15H2,1H3,(H,27,32)(H,28,33). The minimum atomic E-state index is -0.187. The van der Waals surface area contributed by atoms with Crippen LogP contribution < -0.4 is 20.4 Å². The Morgan fingerprint density at radius 1 is 0.882 bits per heavy atom. The van der Waals surface area contributed by atoms with Gasteiger partial charge in [0.05, 0.1) is 10.2 Å². The van der Waals surface area contributed by atoms with Gasteiger partial charge in [0.2, 0.25) is 5.91 Å². The zero-order valence-corrected chi connectivity index (χ0v) is 19.5. The van der Waals surface area contributed by atoms with Crippen LogP contribution >= 0.6 is 11.3 Å². The highest BCUT2D eigenvalue weighted by Gasteiger charge is 2.21. The van der Waals surface area contributed by atoms with Crippen LogP contribution in [0.5, 0.6) is 0 Å². The molecule has 1 saturated heterocycles. The summed E-state index contributed by atoms with van der Waals surface area (Å²) in [5.41, 5.74) is 2.82. The van der Waals surface area contributed by atoms with Crippen molar-refractivity contribution < 1.29 is 9.59 Å². The lowest BCUT2D eigenvalue weighted by Gasteiger charge is -2.35. The summed E-state index contributed by atoms with van der Waals surface area (Å²) >= 11 is 1.61. The summed E-state index contributed by atoms with van der Waals surface area (Å²) in [6.45, 7) is 4.98. The maximum atomic E-state index is 12.8. The van der Waals surface area contributed by atoms with Crippen LogP contribution in [0, 0.1) is 0 Å². The molecule has 2 N–H and O–H groups in total. The molecule has 34 heavy (non-hydrogen) atoms. The van der Waals surface area contributed by atoms with E-state index < -0.39 is 0 Å². The number of rotatable bonds is 5. The highest BCUT2D eigenvalue weighted by atomic mass is 32.1. The van der Waals surface area contributed by atoms with E-state index in [1.807, 2.05) is 36.5 Å². The Morgan fingerprint density at radius 2 is 1.59 bits per heavy atom. The topological polar surface area (TPSA) is 90.5 Å². The third-order valence-corrected chi connectivity index (χ3v) is 6.70. The van der Waals surface area contributed by atoms with E-state index in [2.05, 4.69) is 25.4 Å².